The molecule has 0 radical (unpaired) electrons. The number of aldehydes is 1. The molecule has 1 saturated heterocycles. The zero-order valence-electron chi connectivity index (χ0n) is 8.28. The zero-order valence-corrected chi connectivity index (χ0v) is 8.28. The van der Waals surface area contributed by atoms with Gasteiger partial charge >= 0.3 is 0 Å². The number of carbonyl (C=O) groups excluding carboxylic acids is 1. The van der Waals surface area contributed by atoms with Gasteiger partial charge in [-0.15, -0.1) is 0 Å². The van der Waals surface area contributed by atoms with E-state index >= 15 is 0 Å². The molecule has 3 nitrogen and oxygen atoms in total. The minimum atomic E-state index is -0.0645. The molecule has 0 bridgehead atoms. The Kier molecular flexibility index (Phi) is 2.99. The number of likely N-dealkylation sites (tertiary alicyclic amines) is 1. The number of piperidine rings is 1. The summed E-state index contributed by atoms with van der Waals surface area (Å²) < 4.78 is 0. The zero-order chi connectivity index (χ0) is 9.80. The van der Waals surface area contributed by atoms with Gasteiger partial charge in [-0.3, -0.25) is 4.90 Å². The van der Waals surface area contributed by atoms with Crippen molar-refractivity contribution >= 4 is 6.29 Å². The molecule has 1 unspecified atom stereocenters. The molecule has 76 valence electrons. The summed E-state index contributed by atoms with van der Waals surface area (Å²) in [7, 11) is 0. The summed E-state index contributed by atoms with van der Waals surface area (Å²) in [6, 6.07) is 3.86. The SMILES string of the molecule is O=CC(c1ccc[nH]1)N1CCCCC1. The second-order valence-electron chi connectivity index (χ2n) is 3.80. The number of carbonyl (C=O) groups is 1. The number of aromatic amines is 1. The highest BCUT2D eigenvalue weighted by Gasteiger charge is 2.21. The molecular formula is C11H16N2O. The lowest BCUT2D eigenvalue weighted by molar-refractivity contribution is -0.113. The van der Waals surface area contributed by atoms with Crippen molar-refractivity contribution in [1.82, 2.24) is 9.88 Å². The molecule has 0 aliphatic carbocycles. The molecule has 0 saturated carbocycles. The second kappa shape index (κ2) is 4.42. The maximum atomic E-state index is 11.0. The first-order valence-corrected chi connectivity index (χ1v) is 5.24. The van der Waals surface area contributed by atoms with E-state index in [-0.39, 0.29) is 6.04 Å². The van der Waals surface area contributed by atoms with Gasteiger partial charge in [0.15, 0.2) is 0 Å². The monoisotopic (exact) mass is 192 g/mol. The fourth-order valence-corrected chi connectivity index (χ4v) is 2.08. The molecule has 1 atom stereocenters. The van der Waals surface area contributed by atoms with Crippen LogP contribution in [0.5, 0.6) is 0 Å². The number of hydrogen-bond donors (Lipinski definition) is 1. The van der Waals surface area contributed by atoms with Crippen LogP contribution in [0.2, 0.25) is 0 Å². The molecule has 3 heteroatoms. The molecule has 2 heterocycles. The van der Waals surface area contributed by atoms with Crippen LogP contribution in [0.4, 0.5) is 0 Å². The van der Waals surface area contributed by atoms with Crippen LogP contribution in [0.3, 0.4) is 0 Å². The first kappa shape index (κ1) is 9.46. The fourth-order valence-electron chi connectivity index (χ4n) is 2.08. The Morgan fingerprint density at radius 2 is 2.14 bits per heavy atom. The summed E-state index contributed by atoms with van der Waals surface area (Å²) in [6.07, 6.45) is 6.63. The molecule has 1 fully saturated rings. The highest BCUT2D eigenvalue weighted by molar-refractivity contribution is 5.60. The third-order valence-corrected chi connectivity index (χ3v) is 2.85. The minimum Gasteiger partial charge on any atom is -0.363 e. The summed E-state index contributed by atoms with van der Waals surface area (Å²) in [5, 5.41) is 0. The quantitative estimate of drug-likeness (QED) is 0.740. The molecule has 1 aromatic heterocycles. The Bertz CT molecular complexity index is 275. The van der Waals surface area contributed by atoms with Crippen LogP contribution in [-0.4, -0.2) is 29.3 Å². The Hall–Kier alpha value is -1.09. The molecule has 2 rings (SSSR count). The maximum absolute atomic E-state index is 11.0. The Balaban J connectivity index is 2.08. The normalized spacial score (nSPS) is 20.6. The van der Waals surface area contributed by atoms with Crippen LogP contribution in [-0.2, 0) is 4.79 Å². The average Bonchev–Trinajstić information content (AvgIpc) is 2.74. The predicted molar refractivity (Wildman–Crippen MR) is 55.0 cm³/mol. The van der Waals surface area contributed by atoms with E-state index in [2.05, 4.69) is 9.88 Å². The Morgan fingerprint density at radius 1 is 1.36 bits per heavy atom. The van der Waals surface area contributed by atoms with Crippen molar-refractivity contribution in [3.05, 3.63) is 24.0 Å². The van der Waals surface area contributed by atoms with Gasteiger partial charge in [-0.2, -0.15) is 0 Å². The van der Waals surface area contributed by atoms with Crippen molar-refractivity contribution in [3.8, 4) is 0 Å². The topological polar surface area (TPSA) is 36.1 Å². The van der Waals surface area contributed by atoms with Crippen LogP contribution in [0.1, 0.15) is 31.0 Å². The number of nitrogens with zero attached hydrogens (tertiary/aromatic N) is 1. The number of aromatic nitrogens is 1. The van der Waals surface area contributed by atoms with E-state index < -0.39 is 0 Å². The van der Waals surface area contributed by atoms with Crippen molar-refractivity contribution in [2.24, 2.45) is 0 Å². The smallest absolute Gasteiger partial charge is 0.143 e. The van der Waals surface area contributed by atoms with E-state index in [0.29, 0.717) is 0 Å². The van der Waals surface area contributed by atoms with Crippen LogP contribution < -0.4 is 0 Å². The lowest BCUT2D eigenvalue weighted by Crippen LogP contribution is -2.34. The van der Waals surface area contributed by atoms with Crippen molar-refractivity contribution in [3.63, 3.8) is 0 Å². The summed E-state index contributed by atoms with van der Waals surface area (Å²) in [5.41, 5.74) is 1.02. The molecule has 0 spiro atoms. The highest BCUT2D eigenvalue weighted by Crippen LogP contribution is 2.21. The van der Waals surface area contributed by atoms with E-state index in [1.54, 1.807) is 0 Å². The predicted octanol–water partition coefficient (Wildman–Crippen LogP) is 1.74. The molecule has 0 amide bonds. The molecular weight excluding hydrogens is 176 g/mol. The number of H-pyrrole nitrogens is 1. The maximum Gasteiger partial charge on any atom is 0.143 e. The van der Waals surface area contributed by atoms with Gasteiger partial charge in [0.1, 0.15) is 12.3 Å². The van der Waals surface area contributed by atoms with Crippen molar-refractivity contribution in [2.75, 3.05) is 13.1 Å². The molecule has 0 aromatic carbocycles. The lowest BCUT2D eigenvalue weighted by atomic mass is 10.1. The first-order valence-electron chi connectivity index (χ1n) is 5.24. The number of rotatable bonds is 3. The Morgan fingerprint density at radius 3 is 2.71 bits per heavy atom. The van der Waals surface area contributed by atoms with Gasteiger partial charge in [-0.1, -0.05) is 6.42 Å². The summed E-state index contributed by atoms with van der Waals surface area (Å²) in [6.45, 7) is 2.09. The van der Waals surface area contributed by atoms with E-state index in [9.17, 15) is 4.79 Å². The average molecular weight is 192 g/mol. The van der Waals surface area contributed by atoms with E-state index in [4.69, 9.17) is 0 Å². The summed E-state index contributed by atoms with van der Waals surface area (Å²) in [5.74, 6) is 0. The van der Waals surface area contributed by atoms with Gasteiger partial charge in [0.05, 0.1) is 0 Å². The highest BCUT2D eigenvalue weighted by atomic mass is 16.1. The van der Waals surface area contributed by atoms with Crippen molar-refractivity contribution < 1.29 is 4.79 Å². The van der Waals surface area contributed by atoms with Crippen LogP contribution in [0.15, 0.2) is 18.3 Å². The van der Waals surface area contributed by atoms with Crippen LogP contribution >= 0.6 is 0 Å². The van der Waals surface area contributed by atoms with Crippen molar-refractivity contribution in [1.29, 1.82) is 0 Å². The second-order valence-corrected chi connectivity index (χ2v) is 3.80. The van der Waals surface area contributed by atoms with Gasteiger partial charge in [-0.25, -0.2) is 0 Å². The van der Waals surface area contributed by atoms with Gasteiger partial charge in [0.2, 0.25) is 0 Å². The summed E-state index contributed by atoms with van der Waals surface area (Å²) in [4.78, 5) is 16.4. The third-order valence-electron chi connectivity index (χ3n) is 2.85. The third kappa shape index (κ3) is 1.87. The molecule has 1 N–H and O–H groups in total. The van der Waals surface area contributed by atoms with Crippen LogP contribution in [0, 0.1) is 0 Å². The van der Waals surface area contributed by atoms with Gasteiger partial charge in [-0.05, 0) is 38.1 Å². The fraction of sp³-hybridized carbons (Fsp3) is 0.545. The standard InChI is InChI=1S/C11H16N2O/c14-9-11(10-5-4-6-12-10)13-7-2-1-3-8-13/h4-6,9,11-12H,1-3,7-8H2. The summed E-state index contributed by atoms with van der Waals surface area (Å²) >= 11 is 0. The van der Waals surface area contributed by atoms with E-state index in [1.807, 2.05) is 18.3 Å². The van der Waals surface area contributed by atoms with Gasteiger partial charge < -0.3 is 9.78 Å². The van der Waals surface area contributed by atoms with E-state index in [0.717, 1.165) is 25.1 Å². The largest absolute Gasteiger partial charge is 0.363 e. The number of nitrogens with one attached hydrogen (secondary N) is 1. The first-order chi connectivity index (χ1) is 6.92. The molecule has 1 aliphatic heterocycles. The lowest BCUT2D eigenvalue weighted by Gasteiger charge is -2.30. The van der Waals surface area contributed by atoms with Gasteiger partial charge in [0, 0.05) is 11.9 Å². The van der Waals surface area contributed by atoms with Crippen molar-refractivity contribution in [2.45, 2.75) is 25.3 Å². The number of hydrogen-bond acceptors (Lipinski definition) is 2. The molecule has 1 aliphatic rings. The van der Waals surface area contributed by atoms with E-state index in [1.165, 1.54) is 19.3 Å². The Labute approximate surface area is 84.1 Å². The molecule has 1 aromatic rings. The van der Waals surface area contributed by atoms with Gasteiger partial charge in [0.25, 0.3) is 0 Å². The van der Waals surface area contributed by atoms with Crippen LogP contribution in [0.25, 0.3) is 0 Å². The minimum absolute atomic E-state index is 0.0645. The molecule has 14 heavy (non-hydrogen) atoms.